The molecule has 0 amide bonds. The smallest absolute Gasteiger partial charge is 0.394 e. The molecule has 19 nitrogen and oxygen atoms in total. The largest absolute Gasteiger partial charge is 0.472 e. The quantitative estimate of drug-likeness (QED) is 0.150. The number of alkyl halides is 1. The third-order valence-corrected chi connectivity index (χ3v) is 9.00. The Hall–Kier alpha value is -3.62. The number of fused-ring (bicyclic) bond motifs is 4. The van der Waals surface area contributed by atoms with E-state index in [1.807, 2.05) is 6.92 Å². The second kappa shape index (κ2) is 9.96. The van der Waals surface area contributed by atoms with E-state index in [-0.39, 0.29) is 35.5 Å². The number of imidazole rings is 2. The number of aliphatic hydroxyl groups is 1. The number of nitrogens with two attached hydrogens (primary N) is 2. The Balaban J connectivity index is 1.11. The van der Waals surface area contributed by atoms with Crippen LogP contribution in [-0.2, 0) is 27.8 Å². The number of aliphatic hydroxyl groups excluding tert-OH is 1. The molecule has 3 fully saturated rings. The Bertz CT molecular complexity index is 1820. The summed E-state index contributed by atoms with van der Waals surface area (Å²) in [6, 6.07) is 0. The van der Waals surface area contributed by atoms with Crippen LogP contribution in [0.2, 0.25) is 0 Å². The average Bonchev–Trinajstić information content (AvgIpc) is 3.77. The number of aromatic nitrogens is 8. The molecule has 9 atom stereocenters. The number of hydrogen-bond donors (Lipinski definition) is 5. The van der Waals surface area contributed by atoms with Crippen LogP contribution >= 0.6 is 7.82 Å². The number of nitrogens with zero attached hydrogens (tertiary/aromatic N) is 7. The fourth-order valence-electron chi connectivity index (χ4n) is 5.75. The van der Waals surface area contributed by atoms with Gasteiger partial charge in [-0.05, 0) is 0 Å². The summed E-state index contributed by atoms with van der Waals surface area (Å²) in [5.41, 5.74) is 10.3. The summed E-state index contributed by atoms with van der Waals surface area (Å²) in [6.07, 6.45) is -4.07. The number of phosphoric ester groups is 1. The number of halogens is 1. The summed E-state index contributed by atoms with van der Waals surface area (Å²) >= 11 is 0. The van der Waals surface area contributed by atoms with Crippen molar-refractivity contribution in [3.8, 4) is 0 Å². The summed E-state index contributed by atoms with van der Waals surface area (Å²) in [7, 11) is -5.02. The SMILES string of the molecule is C[C@H]1[C@H]2OC[C@]1(COP(=O)(O)O[C@@H]1[C@H](F)[C@@H](CO)O[C@H]1n1cnc3c(=O)[nH]c(N)nc31)O[C@H]2n1cnc2c(N)ncnc21. The van der Waals surface area contributed by atoms with Crippen LogP contribution < -0.4 is 17.0 Å². The second-order valence-electron chi connectivity index (χ2n) is 10.5. The fourth-order valence-corrected chi connectivity index (χ4v) is 6.72. The Morgan fingerprint density at radius 1 is 1.19 bits per heavy atom. The fraction of sp³-hybridized carbons (Fsp3) is 0.545. The van der Waals surface area contributed by atoms with Gasteiger partial charge in [0.1, 0.15) is 35.8 Å². The van der Waals surface area contributed by atoms with Gasteiger partial charge < -0.3 is 35.7 Å². The number of nitrogens with one attached hydrogen (secondary N) is 1. The molecule has 1 unspecified atom stereocenters. The molecule has 3 saturated heterocycles. The summed E-state index contributed by atoms with van der Waals surface area (Å²) in [5, 5.41) is 9.65. The number of hydrogen-bond acceptors (Lipinski definition) is 15. The molecule has 3 aliphatic rings. The van der Waals surface area contributed by atoms with Crippen molar-refractivity contribution in [1.82, 2.24) is 39.0 Å². The van der Waals surface area contributed by atoms with E-state index < -0.39 is 69.1 Å². The molecular weight excluding hydrogens is 598 g/mol. The molecule has 4 aromatic heterocycles. The molecule has 7 heterocycles. The van der Waals surface area contributed by atoms with Crippen LogP contribution in [0.1, 0.15) is 19.4 Å². The number of anilines is 2. The standard InChI is InChI=1S/C22H26FN10O9P/c1-8-13-20(32-6-28-11-15(24)26-5-27-16(11)32)41-22(8,3-38-13)4-39-43(36,37)42-14-10(23)9(2-34)40-19(14)33-7-29-12-17(33)30-21(25)31-18(12)35/h5-10,13-14,19-20,34H,2-4H2,1H3,(H,36,37)(H2,24,26,27)(H3,25,30,31,35)/t8-,9+,10+,13+,14+,19+,20+,22+/m0/s1. The maximum atomic E-state index is 15.4. The molecule has 43 heavy (non-hydrogen) atoms. The van der Waals surface area contributed by atoms with Gasteiger partial charge in [-0.1, -0.05) is 6.92 Å². The van der Waals surface area contributed by atoms with Crippen LogP contribution in [-0.4, -0.2) is 98.9 Å². The van der Waals surface area contributed by atoms with Crippen molar-refractivity contribution in [3.05, 3.63) is 29.3 Å². The van der Waals surface area contributed by atoms with Crippen molar-refractivity contribution in [1.29, 1.82) is 0 Å². The summed E-state index contributed by atoms with van der Waals surface area (Å²) in [5.74, 6) is -0.381. The van der Waals surface area contributed by atoms with Crippen molar-refractivity contribution in [2.75, 3.05) is 31.3 Å². The van der Waals surface area contributed by atoms with Crippen molar-refractivity contribution in [3.63, 3.8) is 0 Å². The molecule has 0 aliphatic carbocycles. The first kappa shape index (κ1) is 28.2. The maximum Gasteiger partial charge on any atom is 0.472 e. The number of rotatable bonds is 8. The van der Waals surface area contributed by atoms with E-state index >= 15 is 4.39 Å². The van der Waals surface area contributed by atoms with E-state index in [9.17, 15) is 19.4 Å². The van der Waals surface area contributed by atoms with Crippen LogP contribution in [0.5, 0.6) is 0 Å². The van der Waals surface area contributed by atoms with E-state index in [2.05, 4.69) is 29.9 Å². The molecule has 7 N–H and O–H groups in total. The Kier molecular flexibility index (Phi) is 6.52. The lowest BCUT2D eigenvalue weighted by molar-refractivity contribution is -0.183. The molecule has 0 aromatic carbocycles. The van der Waals surface area contributed by atoms with Gasteiger partial charge in [-0.15, -0.1) is 0 Å². The lowest BCUT2D eigenvalue weighted by Crippen LogP contribution is -2.42. The molecule has 21 heteroatoms. The first-order chi connectivity index (χ1) is 20.5. The lowest BCUT2D eigenvalue weighted by Gasteiger charge is -2.32. The molecule has 3 aliphatic heterocycles. The summed E-state index contributed by atoms with van der Waals surface area (Å²) in [4.78, 5) is 45.6. The Morgan fingerprint density at radius 2 is 1.93 bits per heavy atom. The van der Waals surface area contributed by atoms with Crippen LogP contribution in [0.3, 0.4) is 0 Å². The molecular formula is C22H26FN10O9P. The normalized spacial score (nSPS) is 33.5. The molecule has 2 bridgehead atoms. The van der Waals surface area contributed by atoms with Crippen LogP contribution in [0.15, 0.2) is 23.8 Å². The molecule has 230 valence electrons. The number of aromatic amines is 1. The van der Waals surface area contributed by atoms with E-state index in [4.69, 9.17) is 34.7 Å². The van der Waals surface area contributed by atoms with E-state index in [1.54, 1.807) is 4.57 Å². The zero-order valence-corrected chi connectivity index (χ0v) is 23.2. The van der Waals surface area contributed by atoms with Gasteiger partial charge in [0.05, 0.1) is 32.5 Å². The number of H-pyrrole nitrogens is 1. The van der Waals surface area contributed by atoms with Crippen molar-refractivity contribution >= 4 is 41.9 Å². The van der Waals surface area contributed by atoms with Gasteiger partial charge in [0.2, 0.25) is 5.95 Å². The monoisotopic (exact) mass is 624 g/mol. The van der Waals surface area contributed by atoms with Crippen LogP contribution in [0.4, 0.5) is 16.2 Å². The van der Waals surface area contributed by atoms with Gasteiger partial charge in [0.15, 0.2) is 41.3 Å². The minimum absolute atomic E-state index is 0.0369. The van der Waals surface area contributed by atoms with Crippen LogP contribution in [0, 0.1) is 5.92 Å². The van der Waals surface area contributed by atoms with Crippen molar-refractivity contribution in [2.45, 2.75) is 49.5 Å². The Morgan fingerprint density at radius 3 is 2.70 bits per heavy atom. The third kappa shape index (κ3) is 4.41. The highest BCUT2D eigenvalue weighted by molar-refractivity contribution is 7.47. The van der Waals surface area contributed by atoms with Crippen LogP contribution in [0.25, 0.3) is 22.3 Å². The number of nitrogen functional groups attached to an aromatic ring is 2. The molecule has 0 saturated carbocycles. The van der Waals surface area contributed by atoms with E-state index in [0.29, 0.717) is 11.2 Å². The van der Waals surface area contributed by atoms with Gasteiger partial charge in [-0.3, -0.25) is 28.0 Å². The van der Waals surface area contributed by atoms with E-state index in [0.717, 1.165) is 10.9 Å². The zero-order valence-electron chi connectivity index (χ0n) is 22.3. The third-order valence-electron chi connectivity index (χ3n) is 8.04. The highest BCUT2D eigenvalue weighted by atomic mass is 31.2. The van der Waals surface area contributed by atoms with Gasteiger partial charge in [-0.25, -0.2) is 28.9 Å². The van der Waals surface area contributed by atoms with Crippen molar-refractivity contribution in [2.24, 2.45) is 5.92 Å². The molecule has 7 rings (SSSR count). The first-order valence-electron chi connectivity index (χ1n) is 13.0. The predicted molar refractivity (Wildman–Crippen MR) is 141 cm³/mol. The highest BCUT2D eigenvalue weighted by Gasteiger charge is 2.61. The minimum atomic E-state index is -5.02. The highest BCUT2D eigenvalue weighted by Crippen LogP contribution is 2.54. The van der Waals surface area contributed by atoms with Gasteiger partial charge >= 0.3 is 7.82 Å². The Labute approximate surface area is 239 Å². The van der Waals surface area contributed by atoms with E-state index in [1.165, 1.54) is 12.7 Å². The molecule has 0 spiro atoms. The molecule has 0 radical (unpaired) electrons. The van der Waals surface area contributed by atoms with Crippen molar-refractivity contribution < 1.29 is 42.2 Å². The maximum absolute atomic E-state index is 15.4. The predicted octanol–water partition coefficient (Wildman–Crippen LogP) is -0.844. The van der Waals surface area contributed by atoms with Gasteiger partial charge in [-0.2, -0.15) is 4.98 Å². The summed E-state index contributed by atoms with van der Waals surface area (Å²) < 4.78 is 59.9. The van der Waals surface area contributed by atoms with Gasteiger partial charge in [0, 0.05) is 5.92 Å². The topological polar surface area (TPSA) is 263 Å². The minimum Gasteiger partial charge on any atom is -0.394 e. The van der Waals surface area contributed by atoms with Gasteiger partial charge in [0.25, 0.3) is 5.56 Å². The average molecular weight is 624 g/mol. The first-order valence-corrected chi connectivity index (χ1v) is 14.5. The number of phosphoric acid groups is 1. The zero-order chi connectivity index (χ0) is 30.3. The summed E-state index contributed by atoms with van der Waals surface area (Å²) in [6.45, 7) is 0.639. The number of ether oxygens (including phenoxy) is 3. The lowest BCUT2D eigenvalue weighted by atomic mass is 9.91. The molecule has 4 aromatic rings. The second-order valence-corrected chi connectivity index (χ2v) is 11.9.